The lowest BCUT2D eigenvalue weighted by Gasteiger charge is -2.09. The maximum Gasteiger partial charge on any atom is 0.237 e. The van der Waals surface area contributed by atoms with Crippen molar-refractivity contribution in [3.05, 3.63) is 28.7 Å². The highest BCUT2D eigenvalue weighted by Crippen LogP contribution is 2.23. The number of carbonyl (C=O) groups excluding carboxylic acids is 1. The Hall–Kier alpha value is -0.740. The van der Waals surface area contributed by atoms with Crippen LogP contribution in [0, 0.1) is 0 Å². The average Bonchev–Trinajstić information content (AvgIpc) is 2.26. The Labute approximate surface area is 108 Å². The van der Waals surface area contributed by atoms with Crippen molar-refractivity contribution in [3.63, 3.8) is 0 Å². The quantitative estimate of drug-likeness (QED) is 0.671. The molecule has 0 saturated heterocycles. The van der Waals surface area contributed by atoms with Crippen LogP contribution in [-0.4, -0.2) is 24.4 Å². The molecule has 1 unspecified atom stereocenters. The minimum atomic E-state index is -0.511. The van der Waals surface area contributed by atoms with Gasteiger partial charge in [-0.25, -0.2) is 0 Å². The number of benzene rings is 1. The van der Waals surface area contributed by atoms with Crippen molar-refractivity contribution in [2.45, 2.75) is 12.3 Å². The van der Waals surface area contributed by atoms with Gasteiger partial charge in [0.25, 0.3) is 0 Å². The van der Waals surface area contributed by atoms with Crippen molar-refractivity contribution < 1.29 is 9.53 Å². The Kier molecular flexibility index (Phi) is 5.63. The molecule has 0 saturated carbocycles. The third kappa shape index (κ3) is 4.41. The average molecular weight is 307 g/mol. The van der Waals surface area contributed by atoms with Crippen molar-refractivity contribution in [3.8, 4) is 5.75 Å². The van der Waals surface area contributed by atoms with Crippen LogP contribution in [0.2, 0.25) is 0 Å². The Morgan fingerprint density at radius 1 is 1.56 bits per heavy atom. The molecule has 0 aliphatic rings. The predicted octanol–water partition coefficient (Wildman–Crippen LogP) is 2.57. The van der Waals surface area contributed by atoms with Crippen LogP contribution < -0.4 is 10.1 Å². The van der Waals surface area contributed by atoms with Gasteiger partial charge in [0, 0.05) is 0 Å². The number of para-hydroxylation sites is 1. The lowest BCUT2D eigenvalue weighted by molar-refractivity contribution is -0.120. The minimum absolute atomic E-state index is 0.183. The van der Waals surface area contributed by atoms with Crippen LogP contribution in [0.1, 0.15) is 6.92 Å². The van der Waals surface area contributed by atoms with Crippen molar-refractivity contribution in [2.24, 2.45) is 0 Å². The molecule has 1 atom stereocenters. The van der Waals surface area contributed by atoms with Gasteiger partial charge in [-0.2, -0.15) is 0 Å². The van der Waals surface area contributed by atoms with Crippen molar-refractivity contribution in [1.82, 2.24) is 5.32 Å². The summed E-state index contributed by atoms with van der Waals surface area (Å²) in [4.78, 5) is 11.1. The second kappa shape index (κ2) is 6.76. The Morgan fingerprint density at radius 3 is 2.88 bits per heavy atom. The number of nitrogens with one attached hydrogen (secondary N) is 1. The van der Waals surface area contributed by atoms with E-state index in [1.807, 2.05) is 24.3 Å². The molecule has 1 amide bonds. The number of alkyl halides is 1. The van der Waals surface area contributed by atoms with Crippen LogP contribution in [-0.2, 0) is 4.79 Å². The molecule has 0 fully saturated rings. The number of ether oxygens (including phenoxy) is 1. The van der Waals surface area contributed by atoms with Gasteiger partial charge in [-0.3, -0.25) is 4.79 Å². The number of rotatable bonds is 5. The molecule has 16 heavy (non-hydrogen) atoms. The molecule has 88 valence electrons. The van der Waals surface area contributed by atoms with Crippen molar-refractivity contribution in [2.75, 3.05) is 13.2 Å². The van der Waals surface area contributed by atoms with Crippen LogP contribution in [0.5, 0.6) is 5.75 Å². The number of carbonyl (C=O) groups is 1. The summed E-state index contributed by atoms with van der Waals surface area (Å²) in [5.74, 6) is 0.577. The number of amides is 1. The van der Waals surface area contributed by atoms with Gasteiger partial charge >= 0.3 is 0 Å². The van der Waals surface area contributed by atoms with E-state index in [2.05, 4.69) is 21.2 Å². The topological polar surface area (TPSA) is 38.3 Å². The molecular formula is C11H13BrClNO2. The van der Waals surface area contributed by atoms with E-state index in [1.165, 1.54) is 0 Å². The first-order chi connectivity index (χ1) is 7.61. The van der Waals surface area contributed by atoms with Gasteiger partial charge in [0.05, 0.1) is 11.0 Å². The molecule has 0 bridgehead atoms. The molecular weight excluding hydrogens is 293 g/mol. The van der Waals surface area contributed by atoms with Crippen LogP contribution in [0.4, 0.5) is 0 Å². The molecule has 1 N–H and O–H groups in total. The first-order valence-corrected chi connectivity index (χ1v) is 6.13. The molecule has 0 spiro atoms. The Balaban J connectivity index is 2.26. The summed E-state index contributed by atoms with van der Waals surface area (Å²) >= 11 is 8.96. The molecule has 0 radical (unpaired) electrons. The van der Waals surface area contributed by atoms with Crippen molar-refractivity contribution in [1.29, 1.82) is 0 Å². The number of hydrogen-bond acceptors (Lipinski definition) is 2. The zero-order valence-electron chi connectivity index (χ0n) is 8.87. The van der Waals surface area contributed by atoms with E-state index in [0.717, 1.165) is 10.2 Å². The largest absolute Gasteiger partial charge is 0.491 e. The van der Waals surface area contributed by atoms with E-state index in [4.69, 9.17) is 16.3 Å². The van der Waals surface area contributed by atoms with Gasteiger partial charge in [0.1, 0.15) is 17.7 Å². The van der Waals surface area contributed by atoms with E-state index in [9.17, 15) is 4.79 Å². The van der Waals surface area contributed by atoms with Crippen LogP contribution >= 0.6 is 27.5 Å². The normalized spacial score (nSPS) is 11.9. The lowest BCUT2D eigenvalue weighted by atomic mass is 10.3. The molecule has 0 heterocycles. The first kappa shape index (κ1) is 13.3. The van der Waals surface area contributed by atoms with Gasteiger partial charge in [-0.05, 0) is 35.0 Å². The first-order valence-electron chi connectivity index (χ1n) is 4.90. The Bertz CT molecular complexity index is 358. The summed E-state index contributed by atoms with van der Waals surface area (Å²) in [7, 11) is 0. The standard InChI is InChI=1S/C11H13BrClNO2/c1-8(13)11(15)14-6-7-16-10-5-3-2-4-9(10)12/h2-5,8H,6-7H2,1H3,(H,14,15). The maximum absolute atomic E-state index is 11.1. The lowest BCUT2D eigenvalue weighted by Crippen LogP contribution is -2.32. The minimum Gasteiger partial charge on any atom is -0.491 e. The zero-order chi connectivity index (χ0) is 12.0. The molecule has 0 aliphatic heterocycles. The number of hydrogen-bond donors (Lipinski definition) is 1. The molecule has 1 aromatic rings. The fraction of sp³-hybridized carbons (Fsp3) is 0.364. The summed E-state index contributed by atoms with van der Waals surface area (Å²) in [6.07, 6.45) is 0. The monoisotopic (exact) mass is 305 g/mol. The van der Waals surface area contributed by atoms with E-state index >= 15 is 0 Å². The van der Waals surface area contributed by atoms with E-state index in [0.29, 0.717) is 13.2 Å². The van der Waals surface area contributed by atoms with Gasteiger partial charge < -0.3 is 10.1 Å². The summed E-state index contributed by atoms with van der Waals surface area (Å²) in [5, 5.41) is 2.15. The molecule has 1 aromatic carbocycles. The molecule has 3 nitrogen and oxygen atoms in total. The molecule has 1 rings (SSSR count). The third-order valence-electron chi connectivity index (χ3n) is 1.86. The van der Waals surface area contributed by atoms with Gasteiger partial charge in [-0.15, -0.1) is 11.6 Å². The summed E-state index contributed by atoms with van der Waals surface area (Å²) in [6, 6.07) is 7.55. The SMILES string of the molecule is CC(Cl)C(=O)NCCOc1ccccc1Br. The van der Waals surface area contributed by atoms with Gasteiger partial charge in [-0.1, -0.05) is 12.1 Å². The molecule has 5 heteroatoms. The fourth-order valence-electron chi connectivity index (χ4n) is 1.04. The van der Waals surface area contributed by atoms with Crippen LogP contribution in [0.3, 0.4) is 0 Å². The second-order valence-electron chi connectivity index (χ2n) is 3.19. The van der Waals surface area contributed by atoms with Crippen LogP contribution in [0.25, 0.3) is 0 Å². The highest BCUT2D eigenvalue weighted by molar-refractivity contribution is 9.10. The summed E-state index contributed by atoms with van der Waals surface area (Å²) < 4.78 is 6.36. The number of halogens is 2. The molecule has 0 aromatic heterocycles. The van der Waals surface area contributed by atoms with Gasteiger partial charge in [0.2, 0.25) is 5.91 Å². The maximum atomic E-state index is 11.1. The highest BCUT2D eigenvalue weighted by atomic mass is 79.9. The van der Waals surface area contributed by atoms with Gasteiger partial charge in [0.15, 0.2) is 0 Å². The van der Waals surface area contributed by atoms with E-state index < -0.39 is 5.38 Å². The fourth-order valence-corrected chi connectivity index (χ4v) is 1.51. The third-order valence-corrected chi connectivity index (χ3v) is 2.71. The van der Waals surface area contributed by atoms with E-state index in [1.54, 1.807) is 6.92 Å². The Morgan fingerprint density at radius 2 is 2.25 bits per heavy atom. The summed E-state index contributed by atoms with van der Waals surface area (Å²) in [6.45, 7) is 2.49. The zero-order valence-corrected chi connectivity index (χ0v) is 11.2. The smallest absolute Gasteiger partial charge is 0.237 e. The van der Waals surface area contributed by atoms with Crippen LogP contribution in [0.15, 0.2) is 28.7 Å². The molecule has 0 aliphatic carbocycles. The predicted molar refractivity (Wildman–Crippen MR) is 68.0 cm³/mol. The van der Waals surface area contributed by atoms with E-state index in [-0.39, 0.29) is 5.91 Å². The summed E-state index contributed by atoms with van der Waals surface area (Å²) in [5.41, 5.74) is 0. The van der Waals surface area contributed by atoms with Crippen molar-refractivity contribution >= 4 is 33.4 Å². The second-order valence-corrected chi connectivity index (χ2v) is 4.69. The highest BCUT2D eigenvalue weighted by Gasteiger charge is 2.07.